The number of esters is 1. The van der Waals surface area contributed by atoms with Crippen LogP contribution >= 0.6 is 0 Å². The van der Waals surface area contributed by atoms with Crippen molar-refractivity contribution in [2.75, 3.05) is 33.3 Å². The van der Waals surface area contributed by atoms with Gasteiger partial charge in [-0.15, -0.1) is 0 Å². The molecule has 0 saturated heterocycles. The fourth-order valence-corrected chi connectivity index (χ4v) is 1.10. The Morgan fingerprint density at radius 3 is 2.35 bits per heavy atom. The fourth-order valence-electron chi connectivity index (χ4n) is 1.10. The zero-order valence-electron chi connectivity index (χ0n) is 10.4. The highest BCUT2D eigenvalue weighted by molar-refractivity contribution is 5.95. The molecule has 0 aliphatic rings. The maximum atomic E-state index is 11.3. The van der Waals surface area contributed by atoms with Crippen molar-refractivity contribution in [2.24, 2.45) is 0 Å². The van der Waals surface area contributed by atoms with Crippen molar-refractivity contribution in [2.45, 2.75) is 13.8 Å². The number of ether oxygens (including phenoxy) is 1. The number of amides is 3. The van der Waals surface area contributed by atoms with E-state index in [-0.39, 0.29) is 13.1 Å². The first-order valence-electron chi connectivity index (χ1n) is 5.41. The first kappa shape index (κ1) is 15.4. The Bertz CT molecular complexity index is 281. The van der Waals surface area contributed by atoms with Crippen molar-refractivity contribution in [3.8, 4) is 0 Å². The van der Waals surface area contributed by atoms with E-state index in [9.17, 15) is 14.4 Å². The highest BCUT2D eigenvalue weighted by atomic mass is 16.5. The smallest absolute Gasteiger partial charge is 0.321 e. The minimum absolute atomic E-state index is 0.0106. The van der Waals surface area contributed by atoms with Gasteiger partial charge in [-0.25, -0.2) is 4.79 Å². The standard InChI is InChI=1S/C10H19N3O4/c1-4-11-10(16)12-8(14)6-13(3)7-9(15)17-5-2/h4-7H2,1-3H3,(H2,11,12,14,16). The first-order valence-corrected chi connectivity index (χ1v) is 5.41. The molecule has 0 heterocycles. The van der Waals surface area contributed by atoms with E-state index in [0.29, 0.717) is 13.2 Å². The fraction of sp³-hybridized carbons (Fsp3) is 0.700. The van der Waals surface area contributed by atoms with E-state index in [1.54, 1.807) is 20.9 Å². The van der Waals surface area contributed by atoms with Gasteiger partial charge in [0.1, 0.15) is 0 Å². The molecule has 0 aliphatic carbocycles. The average Bonchev–Trinajstić information content (AvgIpc) is 2.16. The lowest BCUT2D eigenvalue weighted by Crippen LogP contribution is -2.44. The number of carbonyl (C=O) groups is 3. The highest BCUT2D eigenvalue weighted by Gasteiger charge is 2.12. The van der Waals surface area contributed by atoms with Gasteiger partial charge in [0.15, 0.2) is 0 Å². The number of carbonyl (C=O) groups excluding carboxylic acids is 3. The van der Waals surface area contributed by atoms with Gasteiger partial charge < -0.3 is 10.1 Å². The largest absolute Gasteiger partial charge is 0.465 e. The zero-order valence-corrected chi connectivity index (χ0v) is 10.4. The van der Waals surface area contributed by atoms with Gasteiger partial charge in [0.25, 0.3) is 0 Å². The van der Waals surface area contributed by atoms with Crippen molar-refractivity contribution >= 4 is 17.9 Å². The Morgan fingerprint density at radius 2 is 1.82 bits per heavy atom. The topological polar surface area (TPSA) is 87.7 Å². The van der Waals surface area contributed by atoms with Crippen LogP contribution in [0.1, 0.15) is 13.8 Å². The molecule has 0 spiro atoms. The predicted molar refractivity (Wildman–Crippen MR) is 61.3 cm³/mol. The Kier molecular flexibility index (Phi) is 7.70. The summed E-state index contributed by atoms with van der Waals surface area (Å²) in [5, 5.41) is 4.56. The van der Waals surface area contributed by atoms with Crippen LogP contribution < -0.4 is 10.6 Å². The molecule has 0 rings (SSSR count). The number of imide groups is 1. The molecule has 7 heteroatoms. The second-order valence-electron chi connectivity index (χ2n) is 3.38. The summed E-state index contributed by atoms with van der Waals surface area (Å²) in [5.74, 6) is -0.872. The van der Waals surface area contributed by atoms with Gasteiger partial charge in [0.05, 0.1) is 19.7 Å². The van der Waals surface area contributed by atoms with E-state index in [4.69, 9.17) is 4.74 Å². The van der Waals surface area contributed by atoms with Gasteiger partial charge >= 0.3 is 12.0 Å². The monoisotopic (exact) mass is 245 g/mol. The summed E-state index contributed by atoms with van der Waals surface area (Å²) >= 11 is 0. The molecule has 0 aromatic heterocycles. The van der Waals surface area contributed by atoms with E-state index >= 15 is 0 Å². The van der Waals surface area contributed by atoms with Crippen LogP contribution in [0.5, 0.6) is 0 Å². The molecule has 2 N–H and O–H groups in total. The van der Waals surface area contributed by atoms with Crippen LogP contribution in [0.2, 0.25) is 0 Å². The molecular formula is C10H19N3O4. The van der Waals surface area contributed by atoms with Gasteiger partial charge in [0.2, 0.25) is 5.91 Å². The number of hydrogen-bond acceptors (Lipinski definition) is 5. The van der Waals surface area contributed by atoms with Crippen molar-refractivity contribution < 1.29 is 19.1 Å². The molecule has 0 atom stereocenters. The Morgan fingerprint density at radius 1 is 1.18 bits per heavy atom. The van der Waals surface area contributed by atoms with Gasteiger partial charge in [0, 0.05) is 6.54 Å². The van der Waals surface area contributed by atoms with Crippen molar-refractivity contribution in [1.29, 1.82) is 0 Å². The lowest BCUT2D eigenvalue weighted by molar-refractivity contribution is -0.144. The van der Waals surface area contributed by atoms with E-state index in [0.717, 1.165) is 0 Å². The van der Waals surface area contributed by atoms with Crippen molar-refractivity contribution in [3.63, 3.8) is 0 Å². The van der Waals surface area contributed by atoms with E-state index in [1.807, 2.05) is 0 Å². The quantitative estimate of drug-likeness (QED) is 0.606. The normalized spacial score (nSPS) is 9.88. The molecule has 7 nitrogen and oxygen atoms in total. The summed E-state index contributed by atoms with van der Waals surface area (Å²) in [6.07, 6.45) is 0. The third kappa shape index (κ3) is 8.21. The van der Waals surface area contributed by atoms with Crippen LogP contribution in [0, 0.1) is 0 Å². The number of hydrogen-bond donors (Lipinski definition) is 2. The SMILES string of the molecule is CCNC(=O)NC(=O)CN(C)CC(=O)OCC. The zero-order chi connectivity index (χ0) is 13.3. The summed E-state index contributed by atoms with van der Waals surface area (Å²) in [5.41, 5.74) is 0. The molecule has 0 bridgehead atoms. The van der Waals surface area contributed by atoms with E-state index in [1.165, 1.54) is 4.90 Å². The minimum atomic E-state index is -0.540. The van der Waals surface area contributed by atoms with Crippen LogP contribution in [0.25, 0.3) is 0 Å². The molecule has 3 amide bonds. The lowest BCUT2D eigenvalue weighted by Gasteiger charge is -2.14. The van der Waals surface area contributed by atoms with Crippen LogP contribution in [0.15, 0.2) is 0 Å². The van der Waals surface area contributed by atoms with Crippen molar-refractivity contribution in [1.82, 2.24) is 15.5 Å². The maximum absolute atomic E-state index is 11.3. The van der Waals surface area contributed by atoms with Crippen LogP contribution in [-0.2, 0) is 14.3 Å². The van der Waals surface area contributed by atoms with Crippen LogP contribution in [0.3, 0.4) is 0 Å². The second kappa shape index (κ2) is 8.51. The molecule has 0 fully saturated rings. The molecule has 0 saturated carbocycles. The summed E-state index contributed by atoms with van der Waals surface area (Å²) in [6, 6.07) is -0.540. The first-order chi connectivity index (χ1) is 7.99. The molecule has 98 valence electrons. The number of nitrogens with zero attached hydrogens (tertiary/aromatic N) is 1. The Labute approximate surface area is 100 Å². The van der Waals surface area contributed by atoms with Crippen LogP contribution in [0.4, 0.5) is 4.79 Å². The summed E-state index contributed by atoms with van der Waals surface area (Å²) in [7, 11) is 1.59. The third-order valence-electron chi connectivity index (χ3n) is 1.71. The molecule has 0 aromatic rings. The van der Waals surface area contributed by atoms with E-state index < -0.39 is 17.9 Å². The number of rotatable bonds is 6. The summed E-state index contributed by atoms with van der Waals surface area (Å²) in [6.45, 7) is 4.17. The van der Waals surface area contributed by atoms with Gasteiger partial charge in [-0.05, 0) is 20.9 Å². The van der Waals surface area contributed by atoms with Crippen LogP contribution in [-0.4, -0.2) is 56.1 Å². The van der Waals surface area contributed by atoms with Gasteiger partial charge in [-0.3, -0.25) is 19.8 Å². The summed E-state index contributed by atoms with van der Waals surface area (Å²) in [4.78, 5) is 34.9. The van der Waals surface area contributed by atoms with Crippen molar-refractivity contribution in [3.05, 3.63) is 0 Å². The molecule has 0 aliphatic heterocycles. The van der Waals surface area contributed by atoms with E-state index in [2.05, 4.69) is 10.6 Å². The molecule has 0 aromatic carbocycles. The molecule has 0 unspecified atom stereocenters. The number of likely N-dealkylation sites (N-methyl/N-ethyl adjacent to an activating group) is 1. The average molecular weight is 245 g/mol. The molecular weight excluding hydrogens is 226 g/mol. The molecule has 0 radical (unpaired) electrons. The summed E-state index contributed by atoms with van der Waals surface area (Å²) < 4.78 is 4.72. The minimum Gasteiger partial charge on any atom is -0.465 e. The lowest BCUT2D eigenvalue weighted by atomic mass is 10.5. The second-order valence-corrected chi connectivity index (χ2v) is 3.38. The third-order valence-corrected chi connectivity index (χ3v) is 1.71. The highest BCUT2D eigenvalue weighted by Crippen LogP contribution is 1.86. The maximum Gasteiger partial charge on any atom is 0.321 e. The number of nitrogens with one attached hydrogen (secondary N) is 2. The predicted octanol–water partition coefficient (Wildman–Crippen LogP) is -0.673. The number of urea groups is 1. The van der Waals surface area contributed by atoms with Gasteiger partial charge in [-0.2, -0.15) is 0 Å². The Hall–Kier alpha value is -1.63. The van der Waals surface area contributed by atoms with Gasteiger partial charge in [-0.1, -0.05) is 0 Å². The molecule has 17 heavy (non-hydrogen) atoms. The Balaban J connectivity index is 3.87.